The normalized spacial score (nSPS) is 12.4. The second-order valence-electron chi connectivity index (χ2n) is 9.99. The van der Waals surface area contributed by atoms with Crippen molar-refractivity contribution < 1.29 is 9.53 Å². The summed E-state index contributed by atoms with van der Waals surface area (Å²) in [6.45, 7) is 13.1. The fraction of sp³-hybridized carbons (Fsp3) is 0.276. The largest absolute Gasteiger partial charge is 0.481 e. The van der Waals surface area contributed by atoms with Crippen molar-refractivity contribution in [2.75, 3.05) is 12.4 Å². The van der Waals surface area contributed by atoms with E-state index in [1.54, 1.807) is 13.3 Å². The summed E-state index contributed by atoms with van der Waals surface area (Å²) in [7, 11) is 1.60. The lowest BCUT2D eigenvalue weighted by atomic mass is 9.88. The summed E-state index contributed by atoms with van der Waals surface area (Å²) in [5.74, 6) is 0.306. The summed E-state index contributed by atoms with van der Waals surface area (Å²) in [5.41, 5.74) is 6.61. The first-order valence-corrected chi connectivity index (χ1v) is 12.0. The van der Waals surface area contributed by atoms with E-state index in [1.807, 2.05) is 36.7 Å². The van der Waals surface area contributed by atoms with Crippen LogP contribution in [-0.2, 0) is 11.3 Å². The molecule has 36 heavy (non-hydrogen) atoms. The highest BCUT2D eigenvalue weighted by Gasteiger charge is 2.19. The Bertz CT molecular complexity index is 1400. The van der Waals surface area contributed by atoms with Gasteiger partial charge in [0.05, 0.1) is 7.11 Å². The van der Waals surface area contributed by atoms with Crippen LogP contribution in [0.2, 0.25) is 0 Å². The molecule has 0 bridgehead atoms. The Labute approximate surface area is 212 Å². The summed E-state index contributed by atoms with van der Waals surface area (Å²) in [6.07, 6.45) is 6.79. The van der Waals surface area contributed by atoms with Gasteiger partial charge in [0.2, 0.25) is 11.8 Å². The maximum Gasteiger partial charge on any atom is 0.247 e. The lowest BCUT2D eigenvalue weighted by molar-refractivity contribution is -0.111. The molecule has 3 aromatic heterocycles. The lowest BCUT2D eigenvalue weighted by Crippen LogP contribution is -2.37. The van der Waals surface area contributed by atoms with Crippen molar-refractivity contribution in [3.63, 3.8) is 0 Å². The van der Waals surface area contributed by atoms with Crippen LogP contribution in [0.3, 0.4) is 0 Å². The van der Waals surface area contributed by atoms with Gasteiger partial charge in [0.15, 0.2) is 0 Å². The fourth-order valence-electron chi connectivity index (χ4n) is 3.89. The van der Waals surface area contributed by atoms with Gasteiger partial charge in [0.1, 0.15) is 5.65 Å². The second kappa shape index (κ2) is 10.3. The number of aromatic amines is 1. The van der Waals surface area contributed by atoms with Gasteiger partial charge < -0.3 is 20.4 Å². The molecule has 0 spiro atoms. The molecule has 0 saturated heterocycles. The van der Waals surface area contributed by atoms with Gasteiger partial charge in [-0.3, -0.25) is 4.79 Å². The number of methoxy groups -OCH3 is 1. The van der Waals surface area contributed by atoms with E-state index < -0.39 is 0 Å². The molecule has 4 rings (SSSR count). The van der Waals surface area contributed by atoms with Gasteiger partial charge in [-0.15, -0.1) is 0 Å². The van der Waals surface area contributed by atoms with Crippen molar-refractivity contribution >= 4 is 22.6 Å². The number of benzene rings is 1. The number of nitrogens with one attached hydrogen (secondary N) is 3. The molecule has 3 N–H and O–H groups in total. The van der Waals surface area contributed by atoms with E-state index >= 15 is 0 Å². The van der Waals surface area contributed by atoms with E-state index in [0.29, 0.717) is 24.2 Å². The number of nitrogens with zero attached hydrogens (tertiary/aromatic N) is 2. The van der Waals surface area contributed by atoms with Gasteiger partial charge in [-0.1, -0.05) is 27.4 Å². The molecule has 0 radical (unpaired) electrons. The number of pyridine rings is 2. The molecular formula is C29H33N5O2. The van der Waals surface area contributed by atoms with E-state index in [2.05, 4.69) is 72.0 Å². The van der Waals surface area contributed by atoms with Crippen LogP contribution in [0.1, 0.15) is 33.3 Å². The van der Waals surface area contributed by atoms with Crippen molar-refractivity contribution in [1.29, 1.82) is 0 Å². The molecule has 1 aromatic carbocycles. The van der Waals surface area contributed by atoms with Crippen molar-refractivity contribution in [3.05, 3.63) is 73.2 Å². The van der Waals surface area contributed by atoms with Crippen LogP contribution in [0.15, 0.2) is 67.6 Å². The number of amides is 1. The Morgan fingerprint density at radius 3 is 2.67 bits per heavy atom. The molecule has 0 unspecified atom stereocenters. The predicted molar refractivity (Wildman–Crippen MR) is 146 cm³/mol. The summed E-state index contributed by atoms with van der Waals surface area (Å²) < 4.78 is 5.30. The molecule has 1 atom stereocenters. The molecule has 0 aliphatic heterocycles. The number of anilines is 1. The molecule has 3 heterocycles. The number of aromatic nitrogens is 3. The molecule has 0 aliphatic carbocycles. The lowest BCUT2D eigenvalue weighted by Gasteiger charge is -2.28. The zero-order chi connectivity index (χ0) is 25.9. The highest BCUT2D eigenvalue weighted by atomic mass is 16.5. The van der Waals surface area contributed by atoms with Gasteiger partial charge in [-0.25, -0.2) is 9.97 Å². The van der Waals surface area contributed by atoms with Crippen LogP contribution in [0, 0.1) is 5.41 Å². The average molecular weight is 484 g/mol. The second-order valence-corrected chi connectivity index (χ2v) is 9.99. The van der Waals surface area contributed by atoms with Crippen molar-refractivity contribution in [2.24, 2.45) is 5.41 Å². The van der Waals surface area contributed by atoms with Gasteiger partial charge in [0, 0.05) is 59.4 Å². The minimum Gasteiger partial charge on any atom is -0.481 e. The Hall–Kier alpha value is -3.97. The topological polar surface area (TPSA) is 91.9 Å². The first-order chi connectivity index (χ1) is 17.2. The standard InChI is InChI=1S/C29H33N5O2/c1-7-26(35)34-23-11-19(15-31-18(2)29(3,4)5)10-21(12-23)22-13-24-25(17-33-28(24)32-16-22)20-8-9-30-27(14-20)36-6/h7-14,16-18,31H,1,15H2,2-6H3,(H,32,33)(H,34,35)/t18-/m1/s1. The van der Waals surface area contributed by atoms with Crippen LogP contribution in [0.25, 0.3) is 33.3 Å². The van der Waals surface area contributed by atoms with Crippen LogP contribution in [-0.4, -0.2) is 34.0 Å². The van der Waals surface area contributed by atoms with Crippen LogP contribution in [0.5, 0.6) is 5.88 Å². The highest BCUT2D eigenvalue weighted by Crippen LogP contribution is 2.33. The molecule has 0 aliphatic rings. The number of ether oxygens (including phenoxy) is 1. The minimum atomic E-state index is -0.248. The summed E-state index contributed by atoms with van der Waals surface area (Å²) in [4.78, 5) is 24.2. The molecule has 7 nitrogen and oxygen atoms in total. The predicted octanol–water partition coefficient (Wildman–Crippen LogP) is 5.95. The Morgan fingerprint density at radius 1 is 1.14 bits per heavy atom. The molecular weight excluding hydrogens is 450 g/mol. The van der Waals surface area contributed by atoms with Crippen molar-refractivity contribution in [2.45, 2.75) is 40.3 Å². The smallest absolute Gasteiger partial charge is 0.247 e. The third-order valence-corrected chi connectivity index (χ3v) is 6.48. The third kappa shape index (κ3) is 5.63. The van der Waals surface area contributed by atoms with Gasteiger partial charge in [-0.05, 0) is 65.4 Å². The zero-order valence-corrected chi connectivity index (χ0v) is 21.5. The summed E-state index contributed by atoms with van der Waals surface area (Å²) in [5, 5.41) is 7.51. The first-order valence-electron chi connectivity index (χ1n) is 12.0. The maximum atomic E-state index is 12.1. The average Bonchev–Trinajstić information content (AvgIpc) is 3.29. The van der Waals surface area contributed by atoms with Crippen LogP contribution >= 0.6 is 0 Å². The third-order valence-electron chi connectivity index (χ3n) is 6.48. The SMILES string of the molecule is C=CC(=O)Nc1cc(CN[C@H](C)C(C)(C)C)cc(-c2cnc3[nH]cc(-c4ccnc(OC)c4)c3c2)c1. The van der Waals surface area contributed by atoms with E-state index in [4.69, 9.17) is 4.74 Å². The summed E-state index contributed by atoms with van der Waals surface area (Å²) >= 11 is 0. The minimum absolute atomic E-state index is 0.132. The van der Waals surface area contributed by atoms with Crippen molar-refractivity contribution in [3.8, 4) is 28.1 Å². The Kier molecular flexibility index (Phi) is 7.22. The molecule has 4 aromatic rings. The number of hydrogen-bond donors (Lipinski definition) is 3. The molecule has 1 amide bonds. The number of fused-ring (bicyclic) bond motifs is 1. The van der Waals surface area contributed by atoms with E-state index in [9.17, 15) is 4.79 Å². The van der Waals surface area contributed by atoms with Crippen LogP contribution < -0.4 is 15.4 Å². The Morgan fingerprint density at radius 2 is 1.94 bits per heavy atom. The number of rotatable bonds is 8. The van der Waals surface area contributed by atoms with Crippen LogP contribution in [0.4, 0.5) is 5.69 Å². The fourth-order valence-corrected chi connectivity index (χ4v) is 3.89. The monoisotopic (exact) mass is 483 g/mol. The van der Waals surface area contributed by atoms with E-state index in [1.165, 1.54) is 6.08 Å². The van der Waals surface area contributed by atoms with E-state index in [0.717, 1.165) is 38.9 Å². The Balaban J connectivity index is 1.74. The van der Waals surface area contributed by atoms with Gasteiger partial charge in [0.25, 0.3) is 0 Å². The molecule has 186 valence electrons. The molecule has 0 fully saturated rings. The zero-order valence-electron chi connectivity index (χ0n) is 21.5. The summed E-state index contributed by atoms with van der Waals surface area (Å²) in [6, 6.07) is 12.4. The number of carbonyl (C=O) groups is 1. The first kappa shape index (κ1) is 25.1. The number of hydrogen-bond acceptors (Lipinski definition) is 5. The highest BCUT2D eigenvalue weighted by molar-refractivity contribution is 6.00. The number of carbonyl (C=O) groups excluding carboxylic acids is 1. The molecule has 7 heteroatoms. The quantitative estimate of drug-likeness (QED) is 0.269. The van der Waals surface area contributed by atoms with Gasteiger partial charge in [-0.2, -0.15) is 0 Å². The van der Waals surface area contributed by atoms with Crippen molar-refractivity contribution in [1.82, 2.24) is 20.3 Å². The number of H-pyrrole nitrogens is 1. The van der Waals surface area contributed by atoms with Gasteiger partial charge >= 0.3 is 0 Å². The maximum absolute atomic E-state index is 12.1. The van der Waals surface area contributed by atoms with E-state index in [-0.39, 0.29) is 11.3 Å². The molecule has 0 saturated carbocycles.